The zero-order chi connectivity index (χ0) is 19.2. The van der Waals surface area contributed by atoms with Crippen LogP contribution >= 0.6 is 0 Å². The molecular weight excluding hydrogens is 348 g/mol. The quantitative estimate of drug-likeness (QED) is 0.587. The molecule has 27 heavy (non-hydrogen) atoms. The number of hydrogen-bond acceptors (Lipinski definition) is 7. The summed E-state index contributed by atoms with van der Waals surface area (Å²) >= 11 is 0. The van der Waals surface area contributed by atoms with E-state index >= 15 is 0 Å². The maximum atomic E-state index is 5.83. The SMILES string of the molecule is CCCOc1ccc(-c2nnc(-c3cc(OC)c(OC)c(OC)c3)o2)cc1. The highest BCUT2D eigenvalue weighted by Gasteiger charge is 2.18. The third kappa shape index (κ3) is 3.97. The second-order valence-electron chi connectivity index (χ2n) is 5.70. The molecule has 0 N–H and O–H groups in total. The van der Waals surface area contributed by atoms with Crippen LogP contribution in [0.3, 0.4) is 0 Å². The monoisotopic (exact) mass is 370 g/mol. The predicted octanol–water partition coefficient (Wildman–Crippen LogP) is 4.22. The van der Waals surface area contributed by atoms with Gasteiger partial charge in [0.25, 0.3) is 0 Å². The molecular formula is C20H22N2O5. The van der Waals surface area contributed by atoms with Gasteiger partial charge < -0.3 is 23.4 Å². The maximum absolute atomic E-state index is 5.83. The lowest BCUT2D eigenvalue weighted by Crippen LogP contribution is -1.95. The minimum atomic E-state index is 0.357. The lowest BCUT2D eigenvalue weighted by atomic mass is 10.2. The zero-order valence-electron chi connectivity index (χ0n) is 15.8. The molecule has 0 unspecified atom stereocenters. The van der Waals surface area contributed by atoms with Gasteiger partial charge in [0.05, 0.1) is 27.9 Å². The van der Waals surface area contributed by atoms with Gasteiger partial charge in [-0.25, -0.2) is 0 Å². The minimum absolute atomic E-state index is 0.357. The van der Waals surface area contributed by atoms with E-state index in [1.165, 1.54) is 0 Å². The Morgan fingerprint density at radius 1 is 0.815 bits per heavy atom. The van der Waals surface area contributed by atoms with E-state index in [9.17, 15) is 0 Å². The molecule has 2 aromatic carbocycles. The van der Waals surface area contributed by atoms with E-state index in [2.05, 4.69) is 17.1 Å². The van der Waals surface area contributed by atoms with Crippen LogP contribution in [0.2, 0.25) is 0 Å². The summed E-state index contributed by atoms with van der Waals surface area (Å²) in [6.07, 6.45) is 0.962. The van der Waals surface area contributed by atoms with Gasteiger partial charge in [0.15, 0.2) is 11.5 Å². The van der Waals surface area contributed by atoms with Gasteiger partial charge in [-0.2, -0.15) is 0 Å². The van der Waals surface area contributed by atoms with Crippen molar-refractivity contribution in [1.82, 2.24) is 10.2 Å². The van der Waals surface area contributed by atoms with Gasteiger partial charge in [-0.15, -0.1) is 10.2 Å². The molecule has 3 aromatic rings. The fourth-order valence-corrected chi connectivity index (χ4v) is 2.57. The molecule has 0 aliphatic heterocycles. The molecule has 0 bridgehead atoms. The number of methoxy groups -OCH3 is 3. The normalized spacial score (nSPS) is 10.5. The predicted molar refractivity (Wildman–Crippen MR) is 101 cm³/mol. The van der Waals surface area contributed by atoms with E-state index in [0.29, 0.717) is 41.2 Å². The first kappa shape index (κ1) is 18.6. The molecule has 3 rings (SSSR count). The Hall–Kier alpha value is -3.22. The molecule has 7 heteroatoms. The summed E-state index contributed by atoms with van der Waals surface area (Å²) in [4.78, 5) is 0. The minimum Gasteiger partial charge on any atom is -0.494 e. The highest BCUT2D eigenvalue weighted by molar-refractivity contribution is 5.66. The topological polar surface area (TPSA) is 75.8 Å². The first-order valence-electron chi connectivity index (χ1n) is 8.57. The van der Waals surface area contributed by atoms with Crippen molar-refractivity contribution >= 4 is 0 Å². The lowest BCUT2D eigenvalue weighted by molar-refractivity contribution is 0.317. The highest BCUT2D eigenvalue weighted by atomic mass is 16.5. The van der Waals surface area contributed by atoms with Crippen molar-refractivity contribution in [1.29, 1.82) is 0 Å². The van der Waals surface area contributed by atoms with E-state index in [1.54, 1.807) is 33.5 Å². The summed E-state index contributed by atoms with van der Waals surface area (Å²) in [5.41, 5.74) is 1.48. The fourth-order valence-electron chi connectivity index (χ4n) is 2.57. The molecule has 0 fully saturated rings. The maximum Gasteiger partial charge on any atom is 0.248 e. The van der Waals surface area contributed by atoms with Gasteiger partial charge >= 0.3 is 0 Å². The van der Waals surface area contributed by atoms with Crippen LogP contribution in [0.5, 0.6) is 23.0 Å². The van der Waals surface area contributed by atoms with E-state index in [4.69, 9.17) is 23.4 Å². The molecule has 0 saturated carbocycles. The number of aromatic nitrogens is 2. The summed E-state index contributed by atoms with van der Waals surface area (Å²) in [6.45, 7) is 2.75. The largest absolute Gasteiger partial charge is 0.494 e. The van der Waals surface area contributed by atoms with Crippen LogP contribution < -0.4 is 18.9 Å². The van der Waals surface area contributed by atoms with Crippen molar-refractivity contribution in [3.05, 3.63) is 36.4 Å². The molecule has 0 aliphatic rings. The summed E-state index contributed by atoms with van der Waals surface area (Å²) < 4.78 is 27.5. The number of hydrogen-bond donors (Lipinski definition) is 0. The summed E-state index contributed by atoms with van der Waals surface area (Å²) in [5, 5.41) is 8.28. The van der Waals surface area contributed by atoms with Gasteiger partial charge in [0, 0.05) is 11.1 Å². The highest BCUT2D eigenvalue weighted by Crippen LogP contribution is 2.41. The van der Waals surface area contributed by atoms with Gasteiger partial charge in [0.1, 0.15) is 5.75 Å². The molecule has 0 saturated heterocycles. The van der Waals surface area contributed by atoms with Crippen LogP contribution in [-0.2, 0) is 0 Å². The first-order chi connectivity index (χ1) is 13.2. The Morgan fingerprint density at radius 2 is 1.41 bits per heavy atom. The van der Waals surface area contributed by atoms with Crippen LogP contribution in [0.25, 0.3) is 22.9 Å². The molecule has 0 amide bonds. The lowest BCUT2D eigenvalue weighted by Gasteiger charge is -2.12. The number of rotatable bonds is 8. The van der Waals surface area contributed by atoms with Crippen molar-refractivity contribution in [2.24, 2.45) is 0 Å². The van der Waals surface area contributed by atoms with E-state index < -0.39 is 0 Å². The number of ether oxygens (including phenoxy) is 4. The second-order valence-corrected chi connectivity index (χ2v) is 5.70. The molecule has 1 heterocycles. The Balaban J connectivity index is 1.89. The Morgan fingerprint density at radius 3 is 1.93 bits per heavy atom. The third-order valence-electron chi connectivity index (χ3n) is 3.91. The molecule has 1 aromatic heterocycles. The van der Waals surface area contributed by atoms with Gasteiger partial charge in [-0.1, -0.05) is 6.92 Å². The van der Waals surface area contributed by atoms with Crippen molar-refractivity contribution in [3.8, 4) is 45.9 Å². The molecule has 0 spiro atoms. The van der Waals surface area contributed by atoms with E-state index in [-0.39, 0.29) is 0 Å². The number of nitrogens with zero attached hydrogens (tertiary/aromatic N) is 2. The first-order valence-corrected chi connectivity index (χ1v) is 8.57. The van der Waals surface area contributed by atoms with E-state index in [1.807, 2.05) is 24.3 Å². The van der Waals surface area contributed by atoms with Crippen LogP contribution in [0.4, 0.5) is 0 Å². The Labute approximate surface area is 157 Å². The standard InChI is InChI=1S/C20H22N2O5/c1-5-10-26-15-8-6-13(7-9-15)19-21-22-20(27-19)14-11-16(23-2)18(25-4)17(12-14)24-3/h6-9,11-12H,5,10H2,1-4H3. The average Bonchev–Trinajstić information content (AvgIpc) is 3.21. The van der Waals surface area contributed by atoms with Crippen LogP contribution in [0, 0.1) is 0 Å². The van der Waals surface area contributed by atoms with Crippen LogP contribution in [0.15, 0.2) is 40.8 Å². The molecule has 0 aliphatic carbocycles. The molecule has 0 radical (unpaired) electrons. The van der Waals surface area contributed by atoms with Gasteiger partial charge in [-0.3, -0.25) is 0 Å². The summed E-state index contributed by atoms with van der Waals surface area (Å²) in [5.74, 6) is 3.13. The Kier molecular flexibility index (Phi) is 5.80. The zero-order valence-corrected chi connectivity index (χ0v) is 15.8. The third-order valence-corrected chi connectivity index (χ3v) is 3.91. The van der Waals surface area contributed by atoms with E-state index in [0.717, 1.165) is 17.7 Å². The average molecular weight is 370 g/mol. The van der Waals surface area contributed by atoms with Gasteiger partial charge in [0.2, 0.25) is 17.5 Å². The second kappa shape index (κ2) is 8.44. The molecule has 0 atom stereocenters. The number of benzene rings is 2. The van der Waals surface area contributed by atoms with Crippen LogP contribution in [0.1, 0.15) is 13.3 Å². The van der Waals surface area contributed by atoms with Crippen molar-refractivity contribution < 1.29 is 23.4 Å². The summed E-state index contributed by atoms with van der Waals surface area (Å²) in [6, 6.07) is 11.1. The molecule has 142 valence electrons. The molecule has 7 nitrogen and oxygen atoms in total. The van der Waals surface area contributed by atoms with Crippen molar-refractivity contribution in [2.75, 3.05) is 27.9 Å². The van der Waals surface area contributed by atoms with Crippen molar-refractivity contribution in [3.63, 3.8) is 0 Å². The van der Waals surface area contributed by atoms with Crippen LogP contribution in [-0.4, -0.2) is 38.1 Å². The summed E-state index contributed by atoms with van der Waals surface area (Å²) in [7, 11) is 4.67. The fraction of sp³-hybridized carbons (Fsp3) is 0.300. The van der Waals surface area contributed by atoms with Crippen molar-refractivity contribution in [2.45, 2.75) is 13.3 Å². The smallest absolute Gasteiger partial charge is 0.248 e. The van der Waals surface area contributed by atoms with Gasteiger partial charge in [-0.05, 0) is 42.8 Å². The Bertz CT molecular complexity index is 865.